The van der Waals surface area contributed by atoms with E-state index in [0.29, 0.717) is 11.1 Å². The molecule has 14 heteroatoms. The molecule has 0 aliphatic rings. The van der Waals surface area contributed by atoms with Gasteiger partial charge in [-0.1, -0.05) is 0 Å². The maximum atomic E-state index is 14.6. The van der Waals surface area contributed by atoms with Crippen molar-refractivity contribution in [3.05, 3.63) is 58.6 Å². The number of anilines is 3. The van der Waals surface area contributed by atoms with Crippen molar-refractivity contribution in [3.63, 3.8) is 0 Å². The van der Waals surface area contributed by atoms with Gasteiger partial charge in [0, 0.05) is 17.7 Å². The van der Waals surface area contributed by atoms with Crippen molar-refractivity contribution in [1.82, 2.24) is 29.3 Å². The van der Waals surface area contributed by atoms with Crippen LogP contribution >= 0.6 is 0 Å². The fourth-order valence-electron chi connectivity index (χ4n) is 4.01. The predicted molar refractivity (Wildman–Crippen MR) is 130 cm³/mol. The number of nitrogen functional groups attached to an aromatic ring is 1. The molecule has 5 rings (SSSR count). The first-order valence-corrected chi connectivity index (χ1v) is 12.6. The summed E-state index contributed by atoms with van der Waals surface area (Å²) < 4.78 is 54.9. The summed E-state index contributed by atoms with van der Waals surface area (Å²) in [6.07, 6.45) is 2.37. The van der Waals surface area contributed by atoms with Crippen molar-refractivity contribution in [3.8, 4) is 5.69 Å². The van der Waals surface area contributed by atoms with Crippen LogP contribution in [0.15, 0.2) is 46.2 Å². The summed E-state index contributed by atoms with van der Waals surface area (Å²) in [5, 5.41) is 9.50. The summed E-state index contributed by atoms with van der Waals surface area (Å²) in [6, 6.07) is 5.65. The maximum Gasteiger partial charge on any atom is 0.335 e. The van der Waals surface area contributed by atoms with Crippen LogP contribution in [0.2, 0.25) is 0 Å². The SMILES string of the molecule is CC(C)n1c(=O)n(-c2ccc(F)c3[nH]ncc23)c2c(N)nc(Nc3ccc(S(C)(=O)=O)cc3F)nc21. The molecule has 3 aromatic heterocycles. The number of hydrogen-bond acceptors (Lipinski definition) is 8. The standard InChI is InChI=1S/C22H20F2N8O3S/c1-10(2)31-20-18(32(22(31)33)16-7-5-13(23)17-12(16)9-26-30-17)19(25)28-21(29-20)27-15-6-4-11(8-14(15)24)36(3,34)35/h4-10H,1-3H3,(H,26,30)(H3,25,27,28,29). The number of nitrogens with zero attached hydrogens (tertiary/aromatic N) is 5. The van der Waals surface area contributed by atoms with Crippen molar-refractivity contribution < 1.29 is 17.2 Å². The second kappa shape index (κ2) is 8.12. The molecule has 0 saturated heterocycles. The lowest BCUT2D eigenvalue weighted by Gasteiger charge is -2.10. The third-order valence-electron chi connectivity index (χ3n) is 5.66. The van der Waals surface area contributed by atoms with Gasteiger partial charge in [0.1, 0.15) is 22.7 Å². The normalized spacial score (nSPS) is 12.2. The molecule has 5 aromatic rings. The maximum absolute atomic E-state index is 14.6. The number of benzene rings is 2. The molecule has 186 valence electrons. The van der Waals surface area contributed by atoms with Crippen LogP contribution in [0.1, 0.15) is 19.9 Å². The first-order chi connectivity index (χ1) is 17.0. The minimum Gasteiger partial charge on any atom is -0.382 e. The van der Waals surface area contributed by atoms with Gasteiger partial charge in [0.15, 0.2) is 21.3 Å². The summed E-state index contributed by atoms with van der Waals surface area (Å²) in [4.78, 5) is 22.0. The Morgan fingerprint density at radius 2 is 1.86 bits per heavy atom. The third kappa shape index (κ3) is 3.66. The van der Waals surface area contributed by atoms with Crippen LogP contribution in [-0.4, -0.2) is 44.0 Å². The Hall–Kier alpha value is -4.33. The van der Waals surface area contributed by atoms with Crippen LogP contribution in [0.5, 0.6) is 0 Å². The Balaban J connectivity index is 1.71. The van der Waals surface area contributed by atoms with Crippen LogP contribution in [0.3, 0.4) is 0 Å². The van der Waals surface area contributed by atoms with Crippen molar-refractivity contribution in [2.45, 2.75) is 24.8 Å². The predicted octanol–water partition coefficient (Wildman–Crippen LogP) is 3.05. The molecule has 0 amide bonds. The Kier molecular flexibility index (Phi) is 5.28. The summed E-state index contributed by atoms with van der Waals surface area (Å²) in [6.45, 7) is 3.55. The van der Waals surface area contributed by atoms with E-state index in [1.54, 1.807) is 13.8 Å². The molecule has 0 bridgehead atoms. The van der Waals surface area contributed by atoms with E-state index in [9.17, 15) is 22.0 Å². The molecule has 0 fully saturated rings. The fraction of sp³-hybridized carbons (Fsp3) is 0.182. The summed E-state index contributed by atoms with van der Waals surface area (Å²) in [7, 11) is -3.60. The molecular formula is C22H20F2N8O3S. The number of fused-ring (bicyclic) bond motifs is 2. The minimum absolute atomic E-state index is 0.0855. The van der Waals surface area contributed by atoms with Crippen molar-refractivity contribution in [2.24, 2.45) is 0 Å². The number of nitrogens with one attached hydrogen (secondary N) is 2. The largest absolute Gasteiger partial charge is 0.382 e. The second-order valence-corrected chi connectivity index (χ2v) is 10.5. The summed E-state index contributed by atoms with van der Waals surface area (Å²) in [5.74, 6) is -1.57. The van der Waals surface area contributed by atoms with E-state index in [0.717, 1.165) is 12.3 Å². The molecular weight excluding hydrogens is 494 g/mol. The van der Waals surface area contributed by atoms with Crippen LogP contribution < -0.4 is 16.7 Å². The van der Waals surface area contributed by atoms with Gasteiger partial charge in [-0.15, -0.1) is 0 Å². The molecule has 0 saturated carbocycles. The lowest BCUT2D eigenvalue weighted by Crippen LogP contribution is -2.25. The first-order valence-electron chi connectivity index (χ1n) is 10.7. The number of aromatic amines is 1. The van der Waals surface area contributed by atoms with E-state index in [1.807, 2.05) is 0 Å². The van der Waals surface area contributed by atoms with E-state index in [4.69, 9.17) is 5.73 Å². The number of rotatable bonds is 5. The third-order valence-corrected chi connectivity index (χ3v) is 6.77. The Labute approximate surface area is 202 Å². The van der Waals surface area contributed by atoms with Gasteiger partial charge in [0.2, 0.25) is 5.95 Å². The zero-order valence-electron chi connectivity index (χ0n) is 19.2. The second-order valence-electron chi connectivity index (χ2n) is 8.45. The van der Waals surface area contributed by atoms with Gasteiger partial charge in [-0.05, 0) is 44.2 Å². The number of hydrogen-bond donors (Lipinski definition) is 3. The van der Waals surface area contributed by atoms with Crippen molar-refractivity contribution >= 4 is 49.4 Å². The van der Waals surface area contributed by atoms with Gasteiger partial charge < -0.3 is 11.1 Å². The van der Waals surface area contributed by atoms with E-state index >= 15 is 0 Å². The lowest BCUT2D eigenvalue weighted by atomic mass is 10.2. The topological polar surface area (TPSA) is 154 Å². The number of H-pyrrole nitrogens is 1. The van der Waals surface area contributed by atoms with Gasteiger partial charge in [0.05, 0.1) is 22.5 Å². The smallest absolute Gasteiger partial charge is 0.335 e. The van der Waals surface area contributed by atoms with Crippen LogP contribution in [0, 0.1) is 11.6 Å². The van der Waals surface area contributed by atoms with Crippen molar-refractivity contribution in [1.29, 1.82) is 0 Å². The number of aromatic nitrogens is 6. The zero-order valence-corrected chi connectivity index (χ0v) is 20.1. The zero-order chi connectivity index (χ0) is 25.9. The highest BCUT2D eigenvalue weighted by molar-refractivity contribution is 7.90. The molecule has 0 unspecified atom stereocenters. The van der Waals surface area contributed by atoms with E-state index in [1.165, 1.54) is 39.6 Å². The number of halogens is 2. The monoisotopic (exact) mass is 514 g/mol. The highest BCUT2D eigenvalue weighted by atomic mass is 32.2. The van der Waals surface area contributed by atoms with Gasteiger partial charge >= 0.3 is 5.69 Å². The molecule has 0 atom stereocenters. The van der Waals surface area contributed by atoms with Crippen LogP contribution in [0.4, 0.5) is 26.2 Å². The number of nitrogens with two attached hydrogens (primary N) is 1. The molecule has 0 radical (unpaired) electrons. The van der Waals surface area contributed by atoms with Gasteiger partial charge in [-0.25, -0.2) is 22.0 Å². The Morgan fingerprint density at radius 1 is 1.11 bits per heavy atom. The molecule has 2 aromatic carbocycles. The Bertz CT molecular complexity index is 1840. The molecule has 0 spiro atoms. The number of sulfone groups is 1. The van der Waals surface area contributed by atoms with Crippen LogP contribution in [-0.2, 0) is 9.84 Å². The van der Waals surface area contributed by atoms with Crippen molar-refractivity contribution in [2.75, 3.05) is 17.3 Å². The van der Waals surface area contributed by atoms with Gasteiger partial charge in [0.25, 0.3) is 0 Å². The van der Waals surface area contributed by atoms with Gasteiger partial charge in [-0.2, -0.15) is 15.1 Å². The average molecular weight is 515 g/mol. The molecule has 4 N–H and O–H groups in total. The van der Waals surface area contributed by atoms with Gasteiger partial charge in [-0.3, -0.25) is 14.2 Å². The van der Waals surface area contributed by atoms with Crippen LogP contribution in [0.25, 0.3) is 27.8 Å². The molecule has 0 aliphatic carbocycles. The van der Waals surface area contributed by atoms with E-state index in [2.05, 4.69) is 25.5 Å². The summed E-state index contributed by atoms with van der Waals surface area (Å²) in [5.41, 5.74) is 6.49. The fourth-order valence-corrected chi connectivity index (χ4v) is 4.64. The highest BCUT2D eigenvalue weighted by Gasteiger charge is 2.24. The first kappa shape index (κ1) is 23.4. The lowest BCUT2D eigenvalue weighted by molar-refractivity contribution is 0.586. The van der Waals surface area contributed by atoms with E-state index in [-0.39, 0.29) is 45.1 Å². The van der Waals surface area contributed by atoms with E-state index < -0.39 is 27.2 Å². The Morgan fingerprint density at radius 3 is 2.53 bits per heavy atom. The average Bonchev–Trinajstić information content (AvgIpc) is 3.39. The number of imidazole rings is 1. The highest BCUT2D eigenvalue weighted by Crippen LogP contribution is 2.30. The molecule has 0 aliphatic heterocycles. The molecule has 11 nitrogen and oxygen atoms in total. The summed E-state index contributed by atoms with van der Waals surface area (Å²) >= 11 is 0. The quantitative estimate of drug-likeness (QED) is 0.323. The molecule has 3 heterocycles. The minimum atomic E-state index is -3.60. The molecule has 36 heavy (non-hydrogen) atoms.